The molecule has 0 saturated carbocycles. The molecule has 0 aromatic rings. The normalized spacial score (nSPS) is 27.2. The lowest BCUT2D eigenvalue weighted by atomic mass is 10.3. The highest BCUT2D eigenvalue weighted by Gasteiger charge is 2.48. The SMILES string of the molecule is CCC1C(C)[N+]1=C(N)ON1C(=O)CCC1=O.F[B-](F)(F)F. The van der Waals surface area contributed by atoms with E-state index in [9.17, 15) is 26.9 Å². The van der Waals surface area contributed by atoms with Crippen molar-refractivity contribution in [1.82, 2.24) is 5.06 Å². The first kappa shape index (κ1) is 17.2. The molecule has 120 valence electrons. The molecule has 11 heteroatoms. The zero-order chi connectivity index (χ0) is 16.4. The van der Waals surface area contributed by atoms with Gasteiger partial charge in [0.1, 0.15) is 12.1 Å². The molecule has 2 aliphatic rings. The van der Waals surface area contributed by atoms with Gasteiger partial charge in [0.2, 0.25) is 0 Å². The molecule has 2 rings (SSSR count). The largest absolute Gasteiger partial charge is 0.673 e. The van der Waals surface area contributed by atoms with Crippen molar-refractivity contribution in [2.75, 3.05) is 0 Å². The Morgan fingerprint density at radius 3 is 2.10 bits per heavy atom. The van der Waals surface area contributed by atoms with Crippen LogP contribution in [0.15, 0.2) is 0 Å². The van der Waals surface area contributed by atoms with Crippen molar-refractivity contribution in [3.8, 4) is 0 Å². The van der Waals surface area contributed by atoms with Gasteiger partial charge in [-0.25, -0.2) is 4.58 Å². The molecule has 2 heterocycles. The third kappa shape index (κ3) is 4.90. The Labute approximate surface area is 118 Å². The van der Waals surface area contributed by atoms with E-state index in [1.807, 2.05) is 11.5 Å². The van der Waals surface area contributed by atoms with E-state index in [4.69, 9.17) is 10.6 Å². The number of hydrogen-bond donors (Lipinski definition) is 1. The van der Waals surface area contributed by atoms with Crippen LogP contribution in [0.3, 0.4) is 0 Å². The Balaban J connectivity index is 0.000000383. The maximum atomic E-state index is 11.3. The zero-order valence-electron chi connectivity index (χ0n) is 11.6. The number of carbonyl (C=O) groups excluding carboxylic acids is 2. The molecule has 0 spiro atoms. The van der Waals surface area contributed by atoms with E-state index in [0.29, 0.717) is 12.1 Å². The Kier molecular flexibility index (Phi) is 5.18. The number of halogens is 4. The number of rotatable bonds is 2. The second-order valence-corrected chi connectivity index (χ2v) is 4.63. The van der Waals surface area contributed by atoms with Crippen LogP contribution in [0.25, 0.3) is 0 Å². The van der Waals surface area contributed by atoms with E-state index in [1.54, 1.807) is 0 Å². The van der Waals surface area contributed by atoms with Gasteiger partial charge < -0.3 is 17.3 Å². The van der Waals surface area contributed by atoms with E-state index < -0.39 is 7.25 Å². The van der Waals surface area contributed by atoms with Crippen molar-refractivity contribution in [2.24, 2.45) is 5.73 Å². The number of nitrogens with two attached hydrogens (primary N) is 1. The highest BCUT2D eigenvalue weighted by molar-refractivity contribution is 6.50. The van der Waals surface area contributed by atoms with Crippen LogP contribution in [0.4, 0.5) is 17.3 Å². The number of hydrogen-bond acceptors (Lipinski definition) is 3. The number of amidine groups is 1. The number of amides is 2. The average Bonchev–Trinajstić information content (AvgIpc) is 2.90. The van der Waals surface area contributed by atoms with E-state index >= 15 is 0 Å². The molecule has 2 aliphatic heterocycles. The maximum Gasteiger partial charge on any atom is 0.673 e. The minimum Gasteiger partial charge on any atom is -0.418 e. The fourth-order valence-electron chi connectivity index (χ4n) is 2.11. The van der Waals surface area contributed by atoms with Crippen LogP contribution >= 0.6 is 0 Å². The molecule has 0 radical (unpaired) electrons. The first-order chi connectivity index (χ1) is 9.56. The summed E-state index contributed by atoms with van der Waals surface area (Å²) in [6.07, 6.45) is 1.38. The summed E-state index contributed by atoms with van der Waals surface area (Å²) in [5, 5.41) is 0.771. The van der Waals surface area contributed by atoms with Crippen molar-refractivity contribution in [2.45, 2.75) is 45.2 Å². The van der Waals surface area contributed by atoms with Gasteiger partial charge in [0.25, 0.3) is 11.8 Å². The minimum absolute atomic E-state index is 0.142. The summed E-state index contributed by atoms with van der Waals surface area (Å²) >= 11 is 0. The van der Waals surface area contributed by atoms with E-state index in [-0.39, 0.29) is 30.7 Å². The molecule has 0 aliphatic carbocycles. The zero-order valence-corrected chi connectivity index (χ0v) is 11.6. The van der Waals surface area contributed by atoms with Crippen molar-refractivity contribution in [1.29, 1.82) is 0 Å². The fraction of sp³-hybridized carbons (Fsp3) is 0.700. The van der Waals surface area contributed by atoms with Gasteiger partial charge in [0.15, 0.2) is 0 Å². The van der Waals surface area contributed by atoms with Gasteiger partial charge in [0.05, 0.1) is 0 Å². The number of nitrogens with zero attached hydrogens (tertiary/aromatic N) is 2. The monoisotopic (exact) mass is 313 g/mol. The van der Waals surface area contributed by atoms with Crippen LogP contribution in [-0.4, -0.2) is 46.8 Å². The molecule has 2 N–H and O–H groups in total. The molecule has 2 amide bonds. The van der Waals surface area contributed by atoms with E-state index in [0.717, 1.165) is 11.5 Å². The highest BCUT2D eigenvalue weighted by atomic mass is 19.5. The highest BCUT2D eigenvalue weighted by Crippen LogP contribution is 2.24. The quantitative estimate of drug-likeness (QED) is 0.205. The second-order valence-electron chi connectivity index (χ2n) is 4.63. The van der Waals surface area contributed by atoms with Crippen LogP contribution < -0.4 is 5.73 Å². The Bertz CT molecular complexity index is 447. The average molecular weight is 313 g/mol. The molecule has 21 heavy (non-hydrogen) atoms. The lowest BCUT2D eigenvalue weighted by Crippen LogP contribution is -2.37. The first-order valence-electron chi connectivity index (χ1n) is 6.38. The summed E-state index contributed by atoms with van der Waals surface area (Å²) in [6, 6.07) is 0.813. The van der Waals surface area contributed by atoms with Crippen LogP contribution in [0.5, 0.6) is 0 Å². The Morgan fingerprint density at radius 2 is 1.76 bits per heavy atom. The van der Waals surface area contributed by atoms with Crippen LogP contribution in [0, 0.1) is 0 Å². The first-order valence-corrected chi connectivity index (χ1v) is 6.38. The predicted octanol–water partition coefficient (Wildman–Crippen LogP) is 0.875. The summed E-state index contributed by atoms with van der Waals surface area (Å²) in [5.41, 5.74) is 5.71. The maximum absolute atomic E-state index is 11.3. The summed E-state index contributed by atoms with van der Waals surface area (Å²) in [4.78, 5) is 27.7. The standard InChI is InChI=1S/C10H15N3O3.BF4/c1-3-7-6(2)12(7)10(11)16-13-8(14)4-5-9(13)15;2-1(3,4)5/h6-7,11H,3-5H2,1-2H3;/q;-1/p+1. The lowest BCUT2D eigenvalue weighted by Gasteiger charge is -2.09. The second kappa shape index (κ2) is 6.31. The molecule has 0 aromatic carbocycles. The van der Waals surface area contributed by atoms with Gasteiger partial charge in [0, 0.05) is 12.8 Å². The van der Waals surface area contributed by atoms with Gasteiger partial charge in [-0.1, -0.05) is 12.0 Å². The van der Waals surface area contributed by atoms with Crippen molar-refractivity contribution in [3.05, 3.63) is 0 Å². The number of imide groups is 1. The third-order valence-electron chi connectivity index (χ3n) is 3.13. The molecule has 2 fully saturated rings. The molecule has 0 bridgehead atoms. The van der Waals surface area contributed by atoms with Gasteiger partial charge >= 0.3 is 13.3 Å². The number of carbonyl (C=O) groups is 2. The predicted molar refractivity (Wildman–Crippen MR) is 65.4 cm³/mol. The molecular weight excluding hydrogens is 297 g/mol. The topological polar surface area (TPSA) is 75.6 Å². The van der Waals surface area contributed by atoms with Crippen molar-refractivity contribution < 1.29 is 36.3 Å². The molecule has 6 nitrogen and oxygen atoms in total. The molecule has 0 aromatic heterocycles. The van der Waals surface area contributed by atoms with Crippen LogP contribution in [0.1, 0.15) is 33.1 Å². The third-order valence-corrected chi connectivity index (χ3v) is 3.13. The van der Waals surface area contributed by atoms with Crippen molar-refractivity contribution >= 4 is 25.1 Å². The van der Waals surface area contributed by atoms with Crippen LogP contribution in [0.2, 0.25) is 0 Å². The van der Waals surface area contributed by atoms with Gasteiger partial charge in [-0.15, -0.1) is 0 Å². The lowest BCUT2D eigenvalue weighted by molar-refractivity contribution is -0.398. The van der Waals surface area contributed by atoms with Crippen LogP contribution in [-0.2, 0) is 14.4 Å². The van der Waals surface area contributed by atoms with Gasteiger partial charge in [-0.2, -0.15) is 0 Å². The Morgan fingerprint density at radius 1 is 1.33 bits per heavy atom. The smallest absolute Gasteiger partial charge is 0.418 e. The summed E-state index contributed by atoms with van der Waals surface area (Å²) in [6.45, 7) is 4.08. The molecule has 2 saturated heterocycles. The minimum atomic E-state index is -6.00. The van der Waals surface area contributed by atoms with Crippen molar-refractivity contribution in [3.63, 3.8) is 0 Å². The summed E-state index contributed by atoms with van der Waals surface area (Å²) in [5.74, 6) is -0.647. The Hall–Kier alpha value is -1.81. The summed E-state index contributed by atoms with van der Waals surface area (Å²) < 4.78 is 40.9. The van der Waals surface area contributed by atoms with E-state index in [2.05, 4.69) is 6.92 Å². The van der Waals surface area contributed by atoms with Gasteiger partial charge in [-0.05, 0) is 13.3 Å². The fourth-order valence-corrected chi connectivity index (χ4v) is 2.11. The van der Waals surface area contributed by atoms with Gasteiger partial charge in [-0.3, -0.25) is 20.2 Å². The molecule has 2 unspecified atom stereocenters. The summed E-state index contributed by atoms with van der Waals surface area (Å²) in [7, 11) is -6.00. The molecular formula is C10H16BF4N3O3. The molecule has 2 atom stereocenters. The van der Waals surface area contributed by atoms with E-state index in [1.165, 1.54) is 0 Å². The number of hydroxylamine groups is 2.